The van der Waals surface area contributed by atoms with Gasteiger partial charge in [-0.15, -0.1) is 16.4 Å². The molecule has 144 valence electrons. The topological polar surface area (TPSA) is 97.4 Å². The van der Waals surface area contributed by atoms with Gasteiger partial charge in [-0.1, -0.05) is 18.2 Å². The van der Waals surface area contributed by atoms with Gasteiger partial charge in [-0.3, -0.25) is 9.59 Å². The Hall–Kier alpha value is -3.20. The van der Waals surface area contributed by atoms with Crippen molar-refractivity contribution in [3.05, 3.63) is 57.9 Å². The molecule has 0 radical (unpaired) electrons. The monoisotopic (exact) mass is 398 g/mol. The molecule has 0 bridgehead atoms. The molecule has 28 heavy (non-hydrogen) atoms. The number of carbonyl (C=O) groups excluding carboxylic acids is 2. The molecule has 0 atom stereocenters. The molecule has 1 fully saturated rings. The number of thiophene rings is 1. The number of nitrogens with zero attached hydrogens (tertiary/aromatic N) is 3. The van der Waals surface area contributed by atoms with E-state index in [4.69, 9.17) is 4.42 Å². The molecule has 3 aromatic rings. The Morgan fingerprint density at radius 3 is 2.71 bits per heavy atom. The van der Waals surface area contributed by atoms with Crippen LogP contribution in [-0.4, -0.2) is 28.1 Å². The lowest BCUT2D eigenvalue weighted by atomic mass is 10.2. The Morgan fingerprint density at radius 2 is 2.04 bits per heavy atom. The summed E-state index contributed by atoms with van der Waals surface area (Å²) >= 11 is 1.40. The highest BCUT2D eigenvalue weighted by Gasteiger charge is 2.21. The van der Waals surface area contributed by atoms with Crippen molar-refractivity contribution >= 4 is 28.8 Å². The molecule has 0 unspecified atom stereocenters. The molecule has 1 aromatic carbocycles. The number of aromatic nitrogens is 2. The highest BCUT2D eigenvalue weighted by atomic mass is 32.1. The molecule has 2 amide bonds. The Morgan fingerprint density at radius 1 is 1.21 bits per heavy atom. The molecule has 0 aliphatic carbocycles. The van der Waals surface area contributed by atoms with E-state index in [2.05, 4.69) is 10.4 Å². The smallest absolute Gasteiger partial charge is 0.387 e. The normalized spacial score (nSPS) is 13.9. The van der Waals surface area contributed by atoms with E-state index in [9.17, 15) is 14.4 Å². The Kier molecular flexibility index (Phi) is 5.07. The van der Waals surface area contributed by atoms with Gasteiger partial charge >= 0.3 is 5.76 Å². The average Bonchev–Trinajstić information content (AvgIpc) is 3.43. The largest absolute Gasteiger partial charge is 0.437 e. The summed E-state index contributed by atoms with van der Waals surface area (Å²) in [5.74, 6) is -0.661. The van der Waals surface area contributed by atoms with Gasteiger partial charge in [0.2, 0.25) is 11.8 Å². The number of hydrogen-bond donors (Lipinski definition) is 1. The van der Waals surface area contributed by atoms with Gasteiger partial charge in [0.25, 0.3) is 5.89 Å². The molecule has 1 aliphatic heterocycles. The minimum atomic E-state index is -0.668. The first-order chi connectivity index (χ1) is 13.6. The standard InChI is InChI=1S/C19H18N4O4S/c24-16(12-23-19(26)27-18(21-23)15-3-2-10-28-15)20-11-13-5-7-14(8-6-13)22-9-1-4-17(22)25/h2-3,5-8,10H,1,4,9,11-12H2,(H,20,24). The fourth-order valence-electron chi connectivity index (χ4n) is 3.01. The molecular weight excluding hydrogens is 380 g/mol. The minimum absolute atomic E-state index is 0.140. The van der Waals surface area contributed by atoms with Crippen molar-refractivity contribution in [2.45, 2.75) is 25.9 Å². The van der Waals surface area contributed by atoms with Crippen LogP contribution in [0, 0.1) is 0 Å². The van der Waals surface area contributed by atoms with Crippen LogP contribution >= 0.6 is 11.3 Å². The fraction of sp³-hybridized carbons (Fsp3) is 0.263. The molecule has 1 aliphatic rings. The number of amides is 2. The first kappa shape index (κ1) is 18.2. The summed E-state index contributed by atoms with van der Waals surface area (Å²) in [4.78, 5) is 38.3. The molecule has 1 N–H and O–H groups in total. The lowest BCUT2D eigenvalue weighted by Crippen LogP contribution is -2.31. The van der Waals surface area contributed by atoms with E-state index in [1.165, 1.54) is 11.3 Å². The van der Waals surface area contributed by atoms with E-state index in [-0.39, 0.29) is 24.2 Å². The van der Waals surface area contributed by atoms with Gasteiger partial charge < -0.3 is 14.6 Å². The zero-order valence-corrected chi connectivity index (χ0v) is 15.8. The quantitative estimate of drug-likeness (QED) is 0.685. The van der Waals surface area contributed by atoms with Gasteiger partial charge in [0.05, 0.1) is 4.88 Å². The molecule has 3 heterocycles. The molecular formula is C19H18N4O4S. The number of rotatable bonds is 6. The average molecular weight is 398 g/mol. The number of anilines is 1. The van der Waals surface area contributed by atoms with Crippen LogP contribution in [0.3, 0.4) is 0 Å². The number of carbonyl (C=O) groups is 2. The summed E-state index contributed by atoms with van der Waals surface area (Å²) in [7, 11) is 0. The zero-order chi connectivity index (χ0) is 19.5. The number of nitrogens with one attached hydrogen (secondary N) is 1. The van der Waals surface area contributed by atoms with Crippen LogP contribution < -0.4 is 16.0 Å². The maximum atomic E-state index is 12.2. The summed E-state index contributed by atoms with van der Waals surface area (Å²) in [6, 6.07) is 11.1. The zero-order valence-electron chi connectivity index (χ0n) is 15.0. The minimum Gasteiger partial charge on any atom is -0.387 e. The third kappa shape index (κ3) is 3.89. The molecule has 2 aromatic heterocycles. The van der Waals surface area contributed by atoms with Gasteiger partial charge in [0, 0.05) is 25.2 Å². The molecule has 1 saturated heterocycles. The second-order valence-corrected chi connectivity index (χ2v) is 7.35. The van der Waals surface area contributed by atoms with Crippen LogP contribution in [0.5, 0.6) is 0 Å². The number of hydrogen-bond acceptors (Lipinski definition) is 6. The molecule has 4 rings (SSSR count). The van der Waals surface area contributed by atoms with Crippen molar-refractivity contribution in [3.63, 3.8) is 0 Å². The van der Waals surface area contributed by atoms with Crippen LogP contribution in [0.4, 0.5) is 5.69 Å². The summed E-state index contributed by atoms with van der Waals surface area (Å²) in [5, 5.41) is 8.67. The van der Waals surface area contributed by atoms with E-state index >= 15 is 0 Å². The van der Waals surface area contributed by atoms with Gasteiger partial charge in [-0.2, -0.15) is 4.68 Å². The SMILES string of the molecule is O=C(Cn1nc(-c2cccs2)oc1=O)NCc1ccc(N2CCCC2=O)cc1. The van der Waals surface area contributed by atoms with E-state index in [0.29, 0.717) is 13.0 Å². The van der Waals surface area contributed by atoms with Crippen molar-refractivity contribution in [1.29, 1.82) is 0 Å². The molecule has 9 heteroatoms. The highest BCUT2D eigenvalue weighted by Crippen LogP contribution is 2.22. The highest BCUT2D eigenvalue weighted by molar-refractivity contribution is 7.13. The second kappa shape index (κ2) is 7.81. The Bertz CT molecular complexity index is 1040. The van der Waals surface area contributed by atoms with Crippen molar-refractivity contribution in [2.24, 2.45) is 0 Å². The predicted molar refractivity (Wildman–Crippen MR) is 104 cm³/mol. The van der Waals surface area contributed by atoms with Crippen molar-refractivity contribution in [1.82, 2.24) is 15.1 Å². The summed E-state index contributed by atoms with van der Waals surface area (Å²) in [6.45, 7) is 0.848. The van der Waals surface area contributed by atoms with Gasteiger partial charge in [0.15, 0.2) is 0 Å². The first-order valence-corrected chi connectivity index (χ1v) is 9.76. The van der Waals surface area contributed by atoms with Crippen molar-refractivity contribution in [2.75, 3.05) is 11.4 Å². The maximum Gasteiger partial charge on any atom is 0.437 e. The second-order valence-electron chi connectivity index (χ2n) is 6.40. The molecule has 0 saturated carbocycles. The van der Waals surface area contributed by atoms with E-state index < -0.39 is 5.76 Å². The lowest BCUT2D eigenvalue weighted by molar-refractivity contribution is -0.122. The van der Waals surface area contributed by atoms with E-state index in [0.717, 1.165) is 33.8 Å². The van der Waals surface area contributed by atoms with E-state index in [1.807, 2.05) is 35.7 Å². The van der Waals surface area contributed by atoms with Crippen LogP contribution in [0.1, 0.15) is 18.4 Å². The van der Waals surface area contributed by atoms with Crippen LogP contribution in [-0.2, 0) is 22.7 Å². The fourth-order valence-corrected chi connectivity index (χ4v) is 3.66. The van der Waals surface area contributed by atoms with Gasteiger partial charge in [0.1, 0.15) is 6.54 Å². The van der Waals surface area contributed by atoms with E-state index in [1.54, 1.807) is 11.0 Å². The Balaban J connectivity index is 1.33. The molecule has 8 nitrogen and oxygen atoms in total. The summed E-state index contributed by atoms with van der Waals surface area (Å²) in [6.07, 6.45) is 1.47. The van der Waals surface area contributed by atoms with Crippen LogP contribution in [0.15, 0.2) is 51.0 Å². The summed E-state index contributed by atoms with van der Waals surface area (Å²) < 4.78 is 6.09. The molecule has 0 spiro atoms. The number of benzene rings is 1. The third-order valence-electron chi connectivity index (χ3n) is 4.44. The van der Waals surface area contributed by atoms with Crippen molar-refractivity contribution in [3.8, 4) is 10.8 Å². The summed E-state index contributed by atoms with van der Waals surface area (Å²) in [5.41, 5.74) is 1.77. The maximum absolute atomic E-state index is 12.2. The van der Waals surface area contributed by atoms with Gasteiger partial charge in [-0.05, 0) is 35.6 Å². The first-order valence-electron chi connectivity index (χ1n) is 8.88. The third-order valence-corrected chi connectivity index (χ3v) is 5.30. The van der Waals surface area contributed by atoms with Crippen LogP contribution in [0.2, 0.25) is 0 Å². The van der Waals surface area contributed by atoms with Crippen molar-refractivity contribution < 1.29 is 14.0 Å². The Labute approximate surface area is 164 Å². The predicted octanol–water partition coefficient (Wildman–Crippen LogP) is 2.01. The van der Waals surface area contributed by atoms with Gasteiger partial charge in [-0.25, -0.2) is 4.79 Å². The lowest BCUT2D eigenvalue weighted by Gasteiger charge is -2.16. The van der Waals surface area contributed by atoms with Crippen LogP contribution in [0.25, 0.3) is 10.8 Å².